The second kappa shape index (κ2) is 8.12. The maximum atomic E-state index is 13.2. The summed E-state index contributed by atoms with van der Waals surface area (Å²) in [5.41, 5.74) is -4.82. The molecule has 12 heteroatoms. The molecule has 176 valence electrons. The number of aliphatic hydroxyl groups is 1. The highest BCUT2D eigenvalue weighted by molar-refractivity contribution is 7.92. The summed E-state index contributed by atoms with van der Waals surface area (Å²) in [7, 11) is -3.28. The van der Waals surface area contributed by atoms with Crippen LogP contribution in [0.1, 0.15) is 20.8 Å². The first-order valence-corrected chi connectivity index (χ1v) is 11.3. The van der Waals surface area contributed by atoms with Gasteiger partial charge in [-0.3, -0.25) is 9.78 Å². The zero-order valence-electron chi connectivity index (χ0n) is 18.3. The van der Waals surface area contributed by atoms with Crippen LogP contribution in [0.5, 0.6) is 11.5 Å². The van der Waals surface area contributed by atoms with Crippen molar-refractivity contribution in [2.45, 2.75) is 42.2 Å². The molecule has 1 aromatic heterocycles. The van der Waals surface area contributed by atoms with Gasteiger partial charge in [-0.25, -0.2) is 22.9 Å². The Hall–Kier alpha value is -3.51. The van der Waals surface area contributed by atoms with Crippen molar-refractivity contribution < 1.29 is 37.8 Å². The zero-order valence-corrected chi connectivity index (χ0v) is 19.1. The lowest BCUT2D eigenvalue weighted by molar-refractivity contribution is -0.180. The molecule has 1 aromatic carbocycles. The smallest absolute Gasteiger partial charge is 0.359 e. The van der Waals surface area contributed by atoms with Crippen molar-refractivity contribution >= 4 is 27.7 Å². The molecule has 0 saturated carbocycles. The number of carboxylic acid groups (broad SMARTS) is 1. The van der Waals surface area contributed by atoms with E-state index in [9.17, 15) is 33.0 Å². The number of rotatable bonds is 7. The van der Waals surface area contributed by atoms with Gasteiger partial charge < -0.3 is 19.8 Å². The number of hydrogen-bond acceptors (Lipinski definition) is 8. The van der Waals surface area contributed by atoms with Crippen molar-refractivity contribution in [3.63, 3.8) is 0 Å². The summed E-state index contributed by atoms with van der Waals surface area (Å²) in [5.74, 6) is -2.33. The van der Waals surface area contributed by atoms with Crippen molar-refractivity contribution in [3.05, 3.63) is 48.8 Å². The standard InChI is InChI=1S/C21H23N3O8S/c1-13(21(29,18(26)27)24-17(25)20(2,3)23(4)19(24)28)33(30,31)16-7-5-14(6-8-16)32-15-9-11-22-12-10-15/h5-13,29H,1-4H3,(H,26,27). The predicted molar refractivity (Wildman–Crippen MR) is 114 cm³/mol. The lowest BCUT2D eigenvalue weighted by atomic mass is 10.0. The quantitative estimate of drug-likeness (QED) is 0.564. The number of sulfone groups is 1. The van der Waals surface area contributed by atoms with Crippen LogP contribution in [0.15, 0.2) is 53.7 Å². The number of carbonyl (C=O) groups excluding carboxylic acids is 2. The minimum absolute atomic E-state index is 0.0957. The first-order chi connectivity index (χ1) is 15.3. The number of urea groups is 1. The summed E-state index contributed by atoms with van der Waals surface area (Å²) in [4.78, 5) is 42.1. The van der Waals surface area contributed by atoms with Crippen LogP contribution in [0, 0.1) is 0 Å². The third kappa shape index (κ3) is 3.80. The van der Waals surface area contributed by atoms with Crippen LogP contribution in [0.4, 0.5) is 4.79 Å². The van der Waals surface area contributed by atoms with Crippen molar-refractivity contribution in [1.82, 2.24) is 14.8 Å². The largest absolute Gasteiger partial charge is 0.478 e. The number of ether oxygens (including phenoxy) is 1. The molecule has 1 fully saturated rings. The van der Waals surface area contributed by atoms with Crippen LogP contribution in [-0.4, -0.2) is 74.9 Å². The van der Waals surface area contributed by atoms with E-state index in [-0.39, 0.29) is 9.80 Å². The Labute approximate surface area is 190 Å². The molecule has 1 saturated heterocycles. The van der Waals surface area contributed by atoms with Crippen molar-refractivity contribution in [2.75, 3.05) is 7.05 Å². The maximum Gasteiger partial charge on any atom is 0.359 e. The van der Waals surface area contributed by atoms with Gasteiger partial charge in [-0.15, -0.1) is 0 Å². The van der Waals surface area contributed by atoms with E-state index in [0.29, 0.717) is 11.5 Å². The number of benzene rings is 1. The number of pyridine rings is 1. The highest BCUT2D eigenvalue weighted by atomic mass is 32.2. The summed E-state index contributed by atoms with van der Waals surface area (Å²) >= 11 is 0. The van der Waals surface area contributed by atoms with Crippen molar-refractivity contribution in [1.29, 1.82) is 0 Å². The van der Waals surface area contributed by atoms with E-state index in [1.165, 1.54) is 57.6 Å². The molecular weight excluding hydrogens is 454 g/mol. The number of imide groups is 1. The minimum atomic E-state index is -4.53. The molecule has 1 aliphatic heterocycles. The van der Waals surface area contributed by atoms with Gasteiger partial charge in [-0.05, 0) is 57.2 Å². The third-order valence-corrected chi connectivity index (χ3v) is 7.96. The second-order valence-electron chi connectivity index (χ2n) is 8.02. The van der Waals surface area contributed by atoms with Gasteiger partial charge >= 0.3 is 12.0 Å². The molecule has 2 atom stereocenters. The van der Waals surface area contributed by atoms with Crippen LogP contribution in [0.2, 0.25) is 0 Å². The summed E-state index contributed by atoms with van der Waals surface area (Å²) < 4.78 is 32.0. The van der Waals surface area contributed by atoms with Gasteiger partial charge in [0.1, 0.15) is 22.3 Å². The SMILES string of the molecule is CC(C(O)(C(=O)O)N1C(=O)N(C)C(C)(C)C1=O)S(=O)(=O)c1ccc(Oc2ccncc2)cc1. The van der Waals surface area contributed by atoms with Gasteiger partial charge in [0.15, 0.2) is 9.84 Å². The van der Waals surface area contributed by atoms with E-state index in [0.717, 1.165) is 11.8 Å². The Morgan fingerprint density at radius 1 is 1.09 bits per heavy atom. The lowest BCUT2D eigenvalue weighted by Crippen LogP contribution is -2.65. The molecule has 2 aromatic rings. The third-order valence-electron chi connectivity index (χ3n) is 5.77. The molecule has 3 rings (SSSR count). The summed E-state index contributed by atoms with van der Waals surface area (Å²) in [6.07, 6.45) is 3.03. The highest BCUT2D eigenvalue weighted by Gasteiger charge is 2.64. The number of carbonyl (C=O) groups is 3. The normalized spacial score (nSPS) is 18.7. The fourth-order valence-corrected chi connectivity index (χ4v) is 4.87. The Kier molecular flexibility index (Phi) is 5.94. The van der Waals surface area contributed by atoms with Gasteiger partial charge in [-0.1, -0.05) is 0 Å². The van der Waals surface area contributed by atoms with Crippen LogP contribution in [0.3, 0.4) is 0 Å². The van der Waals surface area contributed by atoms with Gasteiger partial charge in [-0.2, -0.15) is 0 Å². The number of nitrogens with zero attached hydrogens (tertiary/aromatic N) is 3. The summed E-state index contributed by atoms with van der Waals surface area (Å²) in [5, 5.41) is 18.7. The van der Waals surface area contributed by atoms with Crippen LogP contribution < -0.4 is 4.74 Å². The number of aromatic nitrogens is 1. The fourth-order valence-electron chi connectivity index (χ4n) is 3.31. The number of carboxylic acids is 1. The molecule has 1 aliphatic rings. The molecule has 0 bridgehead atoms. The van der Waals surface area contributed by atoms with Gasteiger partial charge in [0, 0.05) is 19.4 Å². The first-order valence-electron chi connectivity index (χ1n) is 9.75. The Bertz CT molecular complexity index is 1200. The summed E-state index contributed by atoms with van der Waals surface area (Å²) in [6.45, 7) is 3.64. The molecule has 0 radical (unpaired) electrons. The van der Waals surface area contributed by atoms with E-state index < -0.39 is 44.3 Å². The fraction of sp³-hybridized carbons (Fsp3) is 0.333. The number of amides is 3. The van der Waals surface area contributed by atoms with E-state index in [4.69, 9.17) is 4.74 Å². The maximum absolute atomic E-state index is 13.2. The topological polar surface area (TPSA) is 154 Å². The van der Waals surface area contributed by atoms with E-state index in [2.05, 4.69) is 4.98 Å². The number of hydrogen-bond donors (Lipinski definition) is 2. The average molecular weight is 477 g/mol. The van der Waals surface area contributed by atoms with E-state index >= 15 is 0 Å². The van der Waals surface area contributed by atoms with Crippen LogP contribution >= 0.6 is 0 Å². The van der Waals surface area contributed by atoms with E-state index in [1.807, 2.05) is 0 Å². The molecule has 3 amide bonds. The molecule has 2 heterocycles. The molecule has 11 nitrogen and oxygen atoms in total. The minimum Gasteiger partial charge on any atom is -0.478 e. The molecular formula is C21H23N3O8S. The predicted octanol–water partition coefficient (Wildman–Crippen LogP) is 1.48. The van der Waals surface area contributed by atoms with Gasteiger partial charge in [0.05, 0.1) is 4.90 Å². The lowest BCUT2D eigenvalue weighted by Gasteiger charge is -2.35. The van der Waals surface area contributed by atoms with Crippen molar-refractivity contribution in [2.24, 2.45) is 0 Å². The molecule has 2 unspecified atom stereocenters. The second-order valence-corrected chi connectivity index (χ2v) is 10.3. The Morgan fingerprint density at radius 2 is 1.61 bits per heavy atom. The van der Waals surface area contributed by atoms with Crippen LogP contribution in [-0.2, 0) is 19.4 Å². The van der Waals surface area contributed by atoms with Gasteiger partial charge in [0.25, 0.3) is 11.6 Å². The summed E-state index contributed by atoms with van der Waals surface area (Å²) in [6, 6.07) is 7.12. The number of likely N-dealkylation sites (N-methyl/N-ethyl adjacent to an activating group) is 1. The number of aliphatic carboxylic acids is 1. The average Bonchev–Trinajstić information content (AvgIpc) is 2.93. The molecule has 0 aliphatic carbocycles. The van der Waals surface area contributed by atoms with Crippen molar-refractivity contribution in [3.8, 4) is 11.5 Å². The highest BCUT2D eigenvalue weighted by Crippen LogP contribution is 2.36. The van der Waals surface area contributed by atoms with Gasteiger partial charge in [0.2, 0.25) is 0 Å². The van der Waals surface area contributed by atoms with E-state index in [1.54, 1.807) is 12.1 Å². The molecule has 0 spiro atoms. The molecule has 2 N–H and O–H groups in total. The van der Waals surface area contributed by atoms with Crippen LogP contribution in [0.25, 0.3) is 0 Å². The zero-order chi connectivity index (χ0) is 24.8. The monoisotopic (exact) mass is 477 g/mol. The Balaban J connectivity index is 1.97. The molecule has 33 heavy (non-hydrogen) atoms. The Morgan fingerprint density at radius 3 is 2.06 bits per heavy atom. The first kappa shape index (κ1) is 24.1.